The van der Waals surface area contributed by atoms with E-state index in [0.29, 0.717) is 0 Å². The summed E-state index contributed by atoms with van der Waals surface area (Å²) in [6.45, 7) is 5.50. The number of hydrogen-bond acceptors (Lipinski definition) is 3. The van der Waals surface area contributed by atoms with Gasteiger partial charge in [-0.05, 0) is 46.7 Å². The number of rotatable bonds is 7. The van der Waals surface area contributed by atoms with Crippen LogP contribution in [0.1, 0.15) is 33.1 Å². The van der Waals surface area contributed by atoms with Crippen molar-refractivity contribution in [2.75, 3.05) is 26.8 Å². The second-order valence-corrected chi connectivity index (χ2v) is 4.18. The second kappa shape index (κ2) is 6.35. The van der Waals surface area contributed by atoms with Crippen molar-refractivity contribution in [3.63, 3.8) is 0 Å². The first-order chi connectivity index (χ1) is 6.04. The average Bonchev–Trinajstić information content (AvgIpc) is 2.12. The van der Waals surface area contributed by atoms with Gasteiger partial charge >= 0.3 is 0 Å². The third kappa shape index (κ3) is 5.24. The molecular formula is C10H23NO2. The van der Waals surface area contributed by atoms with Crippen molar-refractivity contribution >= 4 is 0 Å². The van der Waals surface area contributed by atoms with E-state index in [1.54, 1.807) is 0 Å². The zero-order valence-electron chi connectivity index (χ0n) is 9.08. The summed E-state index contributed by atoms with van der Waals surface area (Å²) in [7, 11) is 2.02. The molecule has 0 radical (unpaired) electrons. The van der Waals surface area contributed by atoms with Crippen LogP contribution in [-0.4, -0.2) is 47.5 Å². The molecule has 0 spiro atoms. The zero-order valence-corrected chi connectivity index (χ0v) is 9.08. The van der Waals surface area contributed by atoms with Crippen molar-refractivity contribution in [2.24, 2.45) is 0 Å². The van der Waals surface area contributed by atoms with E-state index >= 15 is 0 Å². The Morgan fingerprint density at radius 3 is 2.15 bits per heavy atom. The van der Waals surface area contributed by atoms with E-state index in [2.05, 4.69) is 4.90 Å². The maximum Gasteiger partial charge on any atom is 0.0609 e. The van der Waals surface area contributed by atoms with E-state index in [-0.39, 0.29) is 18.8 Å². The van der Waals surface area contributed by atoms with Gasteiger partial charge in [-0.2, -0.15) is 0 Å². The van der Waals surface area contributed by atoms with E-state index in [4.69, 9.17) is 10.2 Å². The molecular weight excluding hydrogens is 166 g/mol. The number of likely N-dealkylation sites (N-methyl/N-ethyl adjacent to an activating group) is 1. The third-order valence-corrected chi connectivity index (χ3v) is 2.57. The number of aliphatic hydroxyl groups is 2. The molecule has 0 unspecified atom stereocenters. The molecule has 2 N–H and O–H groups in total. The van der Waals surface area contributed by atoms with Gasteiger partial charge in [0.15, 0.2) is 0 Å². The topological polar surface area (TPSA) is 43.7 Å². The first-order valence-corrected chi connectivity index (χ1v) is 4.97. The number of aliphatic hydroxyl groups excluding tert-OH is 2. The maximum atomic E-state index is 9.09. The van der Waals surface area contributed by atoms with Gasteiger partial charge in [-0.25, -0.2) is 0 Å². The maximum absolute atomic E-state index is 9.09. The Bertz CT molecular complexity index is 126. The Kier molecular flexibility index (Phi) is 6.29. The standard InChI is InChI=1S/C10H23NO2/c1-10(2,9-13)11(3)7-5-4-6-8-12/h12-13H,4-9H2,1-3H3. The third-order valence-electron chi connectivity index (χ3n) is 2.57. The van der Waals surface area contributed by atoms with E-state index in [0.717, 1.165) is 25.8 Å². The molecule has 0 rings (SSSR count). The number of hydrogen-bond donors (Lipinski definition) is 2. The molecule has 13 heavy (non-hydrogen) atoms. The van der Waals surface area contributed by atoms with E-state index in [9.17, 15) is 0 Å². The fourth-order valence-corrected chi connectivity index (χ4v) is 1.06. The highest BCUT2D eigenvalue weighted by Crippen LogP contribution is 2.11. The summed E-state index contributed by atoms with van der Waals surface area (Å²) in [5.74, 6) is 0. The molecule has 0 aromatic heterocycles. The Balaban J connectivity index is 3.55. The van der Waals surface area contributed by atoms with Crippen molar-refractivity contribution < 1.29 is 10.2 Å². The van der Waals surface area contributed by atoms with Gasteiger partial charge in [-0.15, -0.1) is 0 Å². The van der Waals surface area contributed by atoms with Crippen molar-refractivity contribution in [1.29, 1.82) is 0 Å². The Morgan fingerprint density at radius 2 is 1.69 bits per heavy atom. The predicted octanol–water partition coefficient (Wildman–Crippen LogP) is 0.852. The summed E-state index contributed by atoms with van der Waals surface area (Å²) in [5.41, 5.74) is -0.126. The van der Waals surface area contributed by atoms with Gasteiger partial charge in [0, 0.05) is 12.1 Å². The van der Waals surface area contributed by atoms with E-state index in [1.165, 1.54) is 0 Å². The molecule has 3 heteroatoms. The van der Waals surface area contributed by atoms with Crippen molar-refractivity contribution in [3.05, 3.63) is 0 Å². The summed E-state index contributed by atoms with van der Waals surface area (Å²) < 4.78 is 0. The van der Waals surface area contributed by atoms with Gasteiger partial charge in [0.2, 0.25) is 0 Å². The van der Waals surface area contributed by atoms with Gasteiger partial charge in [-0.1, -0.05) is 0 Å². The quantitative estimate of drug-likeness (QED) is 0.584. The molecule has 0 saturated carbocycles. The highest BCUT2D eigenvalue weighted by Gasteiger charge is 2.21. The number of unbranched alkanes of at least 4 members (excludes halogenated alkanes) is 2. The van der Waals surface area contributed by atoms with Crippen LogP contribution < -0.4 is 0 Å². The summed E-state index contributed by atoms with van der Waals surface area (Å²) in [5, 5.41) is 17.7. The van der Waals surface area contributed by atoms with E-state index in [1.807, 2.05) is 20.9 Å². The molecule has 0 aromatic carbocycles. The first kappa shape index (κ1) is 12.9. The van der Waals surface area contributed by atoms with Gasteiger partial charge in [0.05, 0.1) is 6.61 Å². The zero-order chi connectivity index (χ0) is 10.3. The number of nitrogens with zero attached hydrogens (tertiary/aromatic N) is 1. The van der Waals surface area contributed by atoms with E-state index < -0.39 is 0 Å². The summed E-state index contributed by atoms with van der Waals surface area (Å²) in [6, 6.07) is 0. The largest absolute Gasteiger partial charge is 0.396 e. The molecule has 0 aromatic rings. The minimum absolute atomic E-state index is 0.126. The van der Waals surface area contributed by atoms with Crippen LogP contribution in [0.5, 0.6) is 0 Å². The van der Waals surface area contributed by atoms with Crippen LogP contribution >= 0.6 is 0 Å². The molecule has 0 atom stereocenters. The molecule has 0 aliphatic rings. The lowest BCUT2D eigenvalue weighted by atomic mass is 10.0. The summed E-state index contributed by atoms with van der Waals surface area (Å²) in [4.78, 5) is 2.16. The van der Waals surface area contributed by atoms with Crippen LogP contribution in [-0.2, 0) is 0 Å². The highest BCUT2D eigenvalue weighted by molar-refractivity contribution is 4.77. The fraction of sp³-hybridized carbons (Fsp3) is 1.00. The normalized spacial score (nSPS) is 12.5. The SMILES string of the molecule is CN(CCCCCO)C(C)(C)CO. The minimum atomic E-state index is -0.126. The Morgan fingerprint density at radius 1 is 1.08 bits per heavy atom. The van der Waals surface area contributed by atoms with Crippen LogP contribution in [0, 0.1) is 0 Å². The van der Waals surface area contributed by atoms with Crippen LogP contribution in [0.3, 0.4) is 0 Å². The Hall–Kier alpha value is -0.120. The molecule has 0 bridgehead atoms. The molecule has 0 heterocycles. The molecule has 0 saturated heterocycles. The van der Waals surface area contributed by atoms with Crippen LogP contribution in [0.4, 0.5) is 0 Å². The van der Waals surface area contributed by atoms with Gasteiger partial charge in [-0.3, -0.25) is 4.90 Å². The monoisotopic (exact) mass is 189 g/mol. The average molecular weight is 189 g/mol. The highest BCUT2D eigenvalue weighted by atomic mass is 16.3. The lowest BCUT2D eigenvalue weighted by Gasteiger charge is -2.33. The summed E-state index contributed by atoms with van der Waals surface area (Å²) in [6.07, 6.45) is 3.02. The lowest BCUT2D eigenvalue weighted by Crippen LogP contribution is -2.44. The van der Waals surface area contributed by atoms with Crippen molar-refractivity contribution in [2.45, 2.75) is 38.6 Å². The lowest BCUT2D eigenvalue weighted by molar-refractivity contribution is 0.0773. The minimum Gasteiger partial charge on any atom is -0.396 e. The molecule has 3 nitrogen and oxygen atoms in total. The molecule has 80 valence electrons. The Labute approximate surface area is 81.4 Å². The smallest absolute Gasteiger partial charge is 0.0609 e. The van der Waals surface area contributed by atoms with Crippen molar-refractivity contribution in [1.82, 2.24) is 4.90 Å². The van der Waals surface area contributed by atoms with Crippen molar-refractivity contribution in [3.8, 4) is 0 Å². The van der Waals surface area contributed by atoms with Crippen LogP contribution in [0.2, 0.25) is 0 Å². The molecule has 0 fully saturated rings. The van der Waals surface area contributed by atoms with Gasteiger partial charge in [0.1, 0.15) is 0 Å². The molecule has 0 amide bonds. The van der Waals surface area contributed by atoms with Crippen LogP contribution in [0.25, 0.3) is 0 Å². The fourth-order valence-electron chi connectivity index (χ4n) is 1.06. The molecule has 0 aliphatic carbocycles. The first-order valence-electron chi connectivity index (χ1n) is 4.97. The predicted molar refractivity (Wildman–Crippen MR) is 54.7 cm³/mol. The van der Waals surface area contributed by atoms with Crippen LogP contribution in [0.15, 0.2) is 0 Å². The van der Waals surface area contributed by atoms with Gasteiger partial charge < -0.3 is 10.2 Å². The van der Waals surface area contributed by atoms with Gasteiger partial charge in [0.25, 0.3) is 0 Å². The second-order valence-electron chi connectivity index (χ2n) is 4.18. The molecule has 0 aliphatic heterocycles. The summed E-state index contributed by atoms with van der Waals surface area (Å²) >= 11 is 0.